The molecule has 0 spiro atoms. The number of anilines is 2. The second-order valence-corrected chi connectivity index (χ2v) is 15.2. The predicted octanol–water partition coefficient (Wildman–Crippen LogP) is 7.41. The Labute approximate surface area is 253 Å². The van der Waals surface area contributed by atoms with Crippen molar-refractivity contribution >= 4 is 45.2 Å². The Morgan fingerprint density at radius 3 is 2.45 bits per heavy atom. The van der Waals surface area contributed by atoms with Gasteiger partial charge in [0.25, 0.3) is 5.92 Å². The van der Waals surface area contributed by atoms with Gasteiger partial charge in [-0.15, -0.1) is 11.3 Å². The number of halogens is 8. The van der Waals surface area contributed by atoms with Gasteiger partial charge in [0.2, 0.25) is 0 Å². The molecule has 1 unspecified atom stereocenters. The smallest absolute Gasteiger partial charge is 0.422 e. The number of ether oxygens (including phenoxy) is 1. The number of hydrogen-bond acceptors (Lipinski definition) is 6. The van der Waals surface area contributed by atoms with Crippen LogP contribution in [0.25, 0.3) is 10.1 Å². The van der Waals surface area contributed by atoms with Gasteiger partial charge in [0, 0.05) is 11.8 Å². The van der Waals surface area contributed by atoms with Crippen LogP contribution < -0.4 is 20.7 Å². The minimum absolute atomic E-state index is 0.0882. The van der Waals surface area contributed by atoms with Gasteiger partial charge in [-0.05, 0) is 62.0 Å². The molecule has 44 heavy (non-hydrogen) atoms. The van der Waals surface area contributed by atoms with Crippen molar-refractivity contribution in [2.75, 3.05) is 57.3 Å². The number of hydrogen-bond donors (Lipinski definition) is 2. The summed E-state index contributed by atoms with van der Waals surface area (Å²) in [7, 11) is -1.23. The summed E-state index contributed by atoms with van der Waals surface area (Å²) < 4.78 is 126. The molecule has 1 saturated heterocycles. The number of alkyl halides is 8. The molecular weight excluding hydrogens is 637 g/mol. The first-order valence-electron chi connectivity index (χ1n) is 13.4. The van der Waals surface area contributed by atoms with Crippen LogP contribution in [0.15, 0.2) is 36.4 Å². The highest BCUT2D eigenvalue weighted by atomic mass is 32.1. The molecule has 5 nitrogen and oxygen atoms in total. The molecule has 0 amide bonds. The van der Waals surface area contributed by atoms with Crippen LogP contribution in [0.1, 0.15) is 16.9 Å². The summed E-state index contributed by atoms with van der Waals surface area (Å²) in [5.74, 6) is 2.17. The monoisotopic (exact) mass is 667 g/mol. The van der Waals surface area contributed by atoms with Crippen LogP contribution in [0.5, 0.6) is 5.75 Å². The first-order chi connectivity index (χ1) is 20.3. The fraction of sp³-hybridized carbons (Fsp3) is 0.448. The van der Waals surface area contributed by atoms with Crippen molar-refractivity contribution in [2.45, 2.75) is 37.2 Å². The van der Waals surface area contributed by atoms with E-state index >= 15 is 0 Å². The van der Waals surface area contributed by atoms with Gasteiger partial charge < -0.3 is 24.8 Å². The molecule has 0 saturated carbocycles. The second-order valence-electron chi connectivity index (χ2n) is 11.0. The van der Waals surface area contributed by atoms with E-state index in [1.54, 1.807) is 13.1 Å². The highest BCUT2D eigenvalue weighted by Gasteiger charge is 2.44. The maximum Gasteiger partial charge on any atom is 0.422 e. The van der Waals surface area contributed by atoms with E-state index in [1.807, 2.05) is 0 Å². The lowest BCUT2D eigenvalue weighted by atomic mass is 10.0. The lowest BCUT2D eigenvalue weighted by molar-refractivity contribution is -0.153. The lowest BCUT2D eigenvalue weighted by Gasteiger charge is -2.37. The van der Waals surface area contributed by atoms with Crippen LogP contribution in [-0.2, 0) is 11.0 Å². The van der Waals surface area contributed by atoms with Gasteiger partial charge in [0.05, 0.1) is 46.5 Å². The maximum absolute atomic E-state index is 14.7. The van der Waals surface area contributed by atoms with Crippen LogP contribution in [0.3, 0.4) is 0 Å². The van der Waals surface area contributed by atoms with Crippen molar-refractivity contribution in [2.24, 2.45) is 0 Å². The molecule has 4 rings (SSSR count). The number of fused-ring (bicyclic) bond motifs is 1. The number of nitrogens with zero attached hydrogens (tertiary/aromatic N) is 1. The van der Waals surface area contributed by atoms with E-state index in [1.165, 1.54) is 48.6 Å². The van der Waals surface area contributed by atoms with Crippen molar-refractivity contribution in [1.82, 2.24) is 4.90 Å². The Morgan fingerprint density at radius 2 is 1.82 bits per heavy atom. The van der Waals surface area contributed by atoms with Crippen LogP contribution in [-0.4, -0.2) is 75.8 Å². The average molecular weight is 668 g/mol. The minimum Gasteiger partial charge on any atom is -0.482 e. The standard InChI is InChI=1S/C29H30F8N3O2PS/c1-40-13-11-25(27(30,31)16-40)39-22-7-4-6-19-20(15-28(32,33)34)24(44-26(19)22)8-5-12-38-21-10-9-18(43(2,3)41)14-23(21)42-17-29(35,36)37/h4,6-7,9-10,14,25,38-39H,11-13,15-17H2,1-3H3. The molecule has 2 N–H and O–H groups in total. The van der Waals surface area contributed by atoms with Crippen LogP contribution in [0, 0.1) is 11.8 Å². The first kappa shape index (κ1) is 33.9. The van der Waals surface area contributed by atoms with Gasteiger partial charge in [-0.25, -0.2) is 8.78 Å². The topological polar surface area (TPSA) is 53.6 Å². The van der Waals surface area contributed by atoms with Gasteiger partial charge in [-0.3, -0.25) is 0 Å². The van der Waals surface area contributed by atoms with E-state index in [0.717, 1.165) is 11.3 Å². The molecule has 1 aliphatic rings. The molecule has 1 fully saturated rings. The molecule has 15 heteroatoms. The first-order valence-corrected chi connectivity index (χ1v) is 16.8. The third-order valence-electron chi connectivity index (χ3n) is 6.86. The molecule has 2 aromatic carbocycles. The SMILES string of the molecule is CN1CCC(Nc2cccc3c(CC(F)(F)F)c(C#CCNc4ccc(P(C)(C)=O)cc4OCC(F)(F)F)sc23)C(F)(F)C1. The summed E-state index contributed by atoms with van der Waals surface area (Å²) in [6.07, 6.45) is -10.3. The highest BCUT2D eigenvalue weighted by molar-refractivity contribution is 7.70. The molecule has 2 heterocycles. The summed E-state index contributed by atoms with van der Waals surface area (Å²) in [5.41, 5.74) is 0.314. The van der Waals surface area contributed by atoms with Crippen LogP contribution >= 0.6 is 18.5 Å². The maximum atomic E-state index is 14.7. The summed E-state index contributed by atoms with van der Waals surface area (Å²) >= 11 is 0.945. The normalized spacial score (nSPS) is 17.7. The van der Waals surface area contributed by atoms with Gasteiger partial charge >= 0.3 is 12.4 Å². The van der Waals surface area contributed by atoms with E-state index in [-0.39, 0.29) is 45.9 Å². The number of piperidine rings is 1. The minimum atomic E-state index is -4.62. The Morgan fingerprint density at radius 1 is 1.09 bits per heavy atom. The van der Waals surface area contributed by atoms with Crippen LogP contribution in [0.2, 0.25) is 0 Å². The molecule has 1 aliphatic heterocycles. The Hall–Kier alpha value is -3.01. The molecule has 3 aromatic rings. The van der Waals surface area contributed by atoms with E-state index in [2.05, 4.69) is 22.5 Å². The third-order valence-corrected chi connectivity index (χ3v) is 9.58. The van der Waals surface area contributed by atoms with Gasteiger partial charge in [-0.2, -0.15) is 26.3 Å². The quantitative estimate of drug-likeness (QED) is 0.149. The molecule has 1 aromatic heterocycles. The van der Waals surface area contributed by atoms with Crippen molar-refractivity contribution in [3.05, 3.63) is 46.8 Å². The Balaban J connectivity index is 1.62. The molecule has 0 radical (unpaired) electrons. The third kappa shape index (κ3) is 8.79. The Kier molecular flexibility index (Phi) is 9.83. The van der Waals surface area contributed by atoms with Crippen LogP contribution in [0.4, 0.5) is 46.5 Å². The molecular formula is C29H30F8N3O2PS. The van der Waals surface area contributed by atoms with E-state index in [9.17, 15) is 39.7 Å². The zero-order chi connectivity index (χ0) is 32.5. The number of rotatable bonds is 8. The van der Waals surface area contributed by atoms with Crippen molar-refractivity contribution in [1.29, 1.82) is 0 Å². The number of nitrogens with one attached hydrogen (secondary N) is 2. The molecule has 0 bridgehead atoms. The summed E-state index contributed by atoms with van der Waals surface area (Å²) in [4.78, 5) is 1.60. The lowest BCUT2D eigenvalue weighted by Crippen LogP contribution is -2.53. The predicted molar refractivity (Wildman–Crippen MR) is 159 cm³/mol. The number of benzene rings is 2. The fourth-order valence-corrected chi connectivity index (χ4v) is 6.80. The highest BCUT2D eigenvalue weighted by Crippen LogP contribution is 2.41. The zero-order valence-corrected chi connectivity index (χ0v) is 25.6. The molecule has 240 valence electrons. The molecule has 0 aliphatic carbocycles. The zero-order valence-electron chi connectivity index (χ0n) is 23.9. The van der Waals surface area contributed by atoms with Crippen molar-refractivity contribution in [3.63, 3.8) is 0 Å². The number of likely N-dealkylation sites (tertiary alicyclic amines) is 1. The summed E-state index contributed by atoms with van der Waals surface area (Å²) in [6, 6.07) is 7.45. The average Bonchev–Trinajstić information content (AvgIpc) is 3.22. The van der Waals surface area contributed by atoms with Crippen molar-refractivity contribution < 1.29 is 44.4 Å². The van der Waals surface area contributed by atoms with Gasteiger partial charge in [-0.1, -0.05) is 24.0 Å². The number of thiophene rings is 1. The Bertz CT molecular complexity index is 1600. The second kappa shape index (κ2) is 12.8. The molecule has 1 atom stereocenters. The van der Waals surface area contributed by atoms with E-state index in [4.69, 9.17) is 4.74 Å². The summed E-state index contributed by atoms with van der Waals surface area (Å²) in [6.45, 7) is 1.13. The largest absolute Gasteiger partial charge is 0.482 e. The van der Waals surface area contributed by atoms with E-state index < -0.39 is 51.0 Å². The van der Waals surface area contributed by atoms with Gasteiger partial charge in [0.15, 0.2) is 6.61 Å². The van der Waals surface area contributed by atoms with E-state index in [0.29, 0.717) is 16.5 Å². The van der Waals surface area contributed by atoms with Crippen molar-refractivity contribution in [3.8, 4) is 17.6 Å². The fourth-order valence-electron chi connectivity index (χ4n) is 4.77. The van der Waals surface area contributed by atoms with Gasteiger partial charge in [0.1, 0.15) is 12.9 Å². The summed E-state index contributed by atoms with van der Waals surface area (Å²) in [5, 5.41) is 6.20.